The Morgan fingerprint density at radius 2 is 1.68 bits per heavy atom. The van der Waals surface area contributed by atoms with E-state index in [4.69, 9.17) is 9.47 Å². The van der Waals surface area contributed by atoms with Crippen molar-refractivity contribution in [2.45, 2.75) is 38.6 Å². The summed E-state index contributed by atoms with van der Waals surface area (Å²) in [7, 11) is 0. The van der Waals surface area contributed by atoms with Gasteiger partial charge in [0.15, 0.2) is 17.8 Å². The predicted octanol–water partition coefficient (Wildman–Crippen LogP) is 2.64. The number of hydrogen-bond acceptors (Lipinski definition) is 5. The van der Waals surface area contributed by atoms with Crippen LogP contribution in [0.2, 0.25) is 0 Å². The molecular formula is C20H29N2O3. The average Bonchev–Trinajstić information content (AvgIpc) is 2.88. The van der Waals surface area contributed by atoms with Crippen molar-refractivity contribution in [3.8, 4) is 11.5 Å². The van der Waals surface area contributed by atoms with Crippen molar-refractivity contribution >= 4 is 6.29 Å². The molecule has 0 amide bonds. The first kappa shape index (κ1) is 18.2. The lowest BCUT2D eigenvalue weighted by Crippen LogP contribution is -2.46. The number of piperazine rings is 1. The van der Waals surface area contributed by atoms with Gasteiger partial charge in [0.05, 0.1) is 13.2 Å². The number of unbranched alkanes of at least 4 members (excludes halogenated alkanes) is 3. The van der Waals surface area contributed by atoms with E-state index in [9.17, 15) is 4.79 Å². The Balaban J connectivity index is 1.40. The second kappa shape index (κ2) is 9.78. The number of carbonyl (C=O) groups excluding carboxylic acids is 1. The molecule has 1 radical (unpaired) electrons. The van der Waals surface area contributed by atoms with Crippen LogP contribution in [0, 0.1) is 0 Å². The van der Waals surface area contributed by atoms with Gasteiger partial charge in [0.1, 0.15) is 0 Å². The van der Waals surface area contributed by atoms with Gasteiger partial charge in [-0.05, 0) is 37.1 Å². The SMILES string of the molecule is O=[C]CCCCCN1CCN(Cc2ccc3c(c2)OCCCO3)CC1. The highest BCUT2D eigenvalue weighted by Crippen LogP contribution is 2.30. The van der Waals surface area contributed by atoms with Crippen molar-refractivity contribution in [2.24, 2.45) is 0 Å². The Morgan fingerprint density at radius 3 is 2.48 bits per heavy atom. The van der Waals surface area contributed by atoms with Crippen LogP contribution in [0.15, 0.2) is 18.2 Å². The van der Waals surface area contributed by atoms with Gasteiger partial charge in [0, 0.05) is 45.6 Å². The molecule has 1 fully saturated rings. The lowest BCUT2D eigenvalue weighted by molar-refractivity contribution is 0.125. The predicted molar refractivity (Wildman–Crippen MR) is 97.9 cm³/mol. The van der Waals surface area contributed by atoms with E-state index in [0.29, 0.717) is 6.42 Å². The van der Waals surface area contributed by atoms with Gasteiger partial charge in [0.25, 0.3) is 0 Å². The fraction of sp³-hybridized carbons (Fsp3) is 0.650. The van der Waals surface area contributed by atoms with Gasteiger partial charge in [-0.25, -0.2) is 0 Å². The van der Waals surface area contributed by atoms with E-state index in [1.807, 2.05) is 12.4 Å². The van der Waals surface area contributed by atoms with Crippen LogP contribution in [0.25, 0.3) is 0 Å². The number of nitrogens with zero attached hydrogens (tertiary/aromatic N) is 2. The van der Waals surface area contributed by atoms with E-state index in [-0.39, 0.29) is 0 Å². The maximum absolute atomic E-state index is 10.2. The van der Waals surface area contributed by atoms with Crippen molar-refractivity contribution in [1.82, 2.24) is 9.80 Å². The molecule has 2 aliphatic rings. The van der Waals surface area contributed by atoms with Crippen LogP contribution in [0.5, 0.6) is 11.5 Å². The summed E-state index contributed by atoms with van der Waals surface area (Å²) in [5.41, 5.74) is 1.29. The molecule has 2 aliphatic heterocycles. The molecule has 3 rings (SSSR count). The Labute approximate surface area is 150 Å². The molecule has 1 saturated heterocycles. The second-order valence-corrected chi connectivity index (χ2v) is 6.90. The van der Waals surface area contributed by atoms with Crippen LogP contribution in [-0.4, -0.2) is 62.0 Å². The first-order chi connectivity index (χ1) is 12.3. The third-order valence-corrected chi connectivity index (χ3v) is 4.94. The van der Waals surface area contributed by atoms with Crippen LogP contribution in [-0.2, 0) is 11.3 Å². The first-order valence-electron chi connectivity index (χ1n) is 9.53. The molecule has 0 unspecified atom stereocenters. The third kappa shape index (κ3) is 5.72. The monoisotopic (exact) mass is 345 g/mol. The lowest BCUT2D eigenvalue weighted by Gasteiger charge is -2.34. The molecule has 1 aromatic carbocycles. The number of benzene rings is 1. The van der Waals surface area contributed by atoms with E-state index in [2.05, 4.69) is 21.9 Å². The Hall–Kier alpha value is -1.59. The molecule has 2 heterocycles. The van der Waals surface area contributed by atoms with E-state index in [1.54, 1.807) is 0 Å². The van der Waals surface area contributed by atoms with E-state index < -0.39 is 0 Å². The van der Waals surface area contributed by atoms with Crippen molar-refractivity contribution in [2.75, 3.05) is 45.9 Å². The molecule has 0 atom stereocenters. The van der Waals surface area contributed by atoms with Crippen molar-refractivity contribution in [1.29, 1.82) is 0 Å². The van der Waals surface area contributed by atoms with Crippen LogP contribution in [0.3, 0.4) is 0 Å². The highest BCUT2D eigenvalue weighted by Gasteiger charge is 2.17. The van der Waals surface area contributed by atoms with Crippen LogP contribution < -0.4 is 9.47 Å². The summed E-state index contributed by atoms with van der Waals surface area (Å²) in [5, 5.41) is 0. The van der Waals surface area contributed by atoms with E-state index in [1.165, 1.54) is 12.0 Å². The molecule has 0 spiro atoms. The van der Waals surface area contributed by atoms with Crippen LogP contribution >= 0.6 is 0 Å². The van der Waals surface area contributed by atoms with Gasteiger partial charge in [-0.2, -0.15) is 0 Å². The van der Waals surface area contributed by atoms with Gasteiger partial charge < -0.3 is 14.4 Å². The van der Waals surface area contributed by atoms with Gasteiger partial charge in [-0.15, -0.1) is 0 Å². The largest absolute Gasteiger partial charge is 0.490 e. The summed E-state index contributed by atoms with van der Waals surface area (Å²) in [5.74, 6) is 1.76. The molecule has 0 aromatic heterocycles. The smallest absolute Gasteiger partial charge is 0.198 e. The highest BCUT2D eigenvalue weighted by atomic mass is 16.5. The zero-order chi connectivity index (χ0) is 17.3. The molecule has 0 aliphatic carbocycles. The number of rotatable bonds is 8. The highest BCUT2D eigenvalue weighted by molar-refractivity contribution is 5.50. The minimum Gasteiger partial charge on any atom is -0.490 e. The minimum atomic E-state index is 0.587. The quantitative estimate of drug-likeness (QED) is 0.678. The number of ether oxygens (including phenoxy) is 2. The molecule has 25 heavy (non-hydrogen) atoms. The molecule has 0 N–H and O–H groups in total. The zero-order valence-electron chi connectivity index (χ0n) is 15.0. The lowest BCUT2D eigenvalue weighted by atomic mass is 10.1. The Kier molecular flexibility index (Phi) is 7.12. The molecule has 1 aromatic rings. The van der Waals surface area contributed by atoms with Gasteiger partial charge >= 0.3 is 0 Å². The molecule has 0 bridgehead atoms. The molecular weight excluding hydrogens is 316 g/mol. The summed E-state index contributed by atoms with van der Waals surface area (Å²) in [6.45, 7) is 8.07. The van der Waals surface area contributed by atoms with Crippen LogP contribution in [0.4, 0.5) is 0 Å². The summed E-state index contributed by atoms with van der Waals surface area (Å²) in [6.07, 6.45) is 6.80. The fourth-order valence-electron chi connectivity index (χ4n) is 3.44. The third-order valence-electron chi connectivity index (χ3n) is 4.94. The minimum absolute atomic E-state index is 0.587. The maximum atomic E-state index is 10.2. The standard InChI is InChI=1S/C20H29N2O3/c23-13-4-2-1-3-8-21-9-11-22(12-10-21)17-18-6-7-19-20(16-18)25-15-5-14-24-19/h6-7,16H,1-5,8-12,14-15,17H2. The summed E-state index contributed by atoms with van der Waals surface area (Å²) >= 11 is 0. The van der Waals surface area contributed by atoms with E-state index >= 15 is 0 Å². The molecule has 5 heteroatoms. The molecule has 137 valence electrons. The Bertz CT molecular complexity index is 542. The van der Waals surface area contributed by atoms with Crippen LogP contribution in [0.1, 0.15) is 37.7 Å². The van der Waals surface area contributed by atoms with Crippen molar-refractivity contribution < 1.29 is 14.3 Å². The van der Waals surface area contributed by atoms with Crippen molar-refractivity contribution in [3.63, 3.8) is 0 Å². The van der Waals surface area contributed by atoms with Gasteiger partial charge in [-0.3, -0.25) is 9.69 Å². The van der Waals surface area contributed by atoms with E-state index in [0.717, 1.165) is 83.2 Å². The van der Waals surface area contributed by atoms with Crippen molar-refractivity contribution in [3.05, 3.63) is 23.8 Å². The normalized spacial score (nSPS) is 18.7. The Morgan fingerprint density at radius 1 is 0.920 bits per heavy atom. The summed E-state index contributed by atoms with van der Waals surface area (Å²) < 4.78 is 11.5. The molecule has 5 nitrogen and oxygen atoms in total. The van der Waals surface area contributed by atoms with Gasteiger partial charge in [-0.1, -0.05) is 12.5 Å². The first-order valence-corrected chi connectivity index (χ1v) is 9.53. The number of fused-ring (bicyclic) bond motifs is 1. The maximum Gasteiger partial charge on any atom is 0.198 e. The van der Waals surface area contributed by atoms with Gasteiger partial charge in [0.2, 0.25) is 0 Å². The second-order valence-electron chi connectivity index (χ2n) is 6.90. The summed E-state index contributed by atoms with van der Waals surface area (Å²) in [4.78, 5) is 15.2. The zero-order valence-corrected chi connectivity index (χ0v) is 15.0. The number of hydrogen-bond donors (Lipinski definition) is 0. The molecule has 0 saturated carbocycles. The topological polar surface area (TPSA) is 42.0 Å². The average molecular weight is 345 g/mol. The fourth-order valence-corrected chi connectivity index (χ4v) is 3.44. The summed E-state index contributed by atoms with van der Waals surface area (Å²) in [6, 6.07) is 6.34.